The van der Waals surface area contributed by atoms with Crippen LogP contribution in [0.1, 0.15) is 6.42 Å². The third-order valence-corrected chi connectivity index (χ3v) is 4.26. The van der Waals surface area contributed by atoms with Crippen molar-refractivity contribution in [3.63, 3.8) is 0 Å². The molecular formula is C19H21ClN2O5. The lowest BCUT2D eigenvalue weighted by Gasteiger charge is -2.19. The Balaban J connectivity index is 1.55. The SMILES string of the molecule is COc1cc(NCCC(=O)Nc2ccc3c(c2)OCCO3)c(OC)cc1Cl. The molecule has 0 bridgehead atoms. The van der Waals surface area contributed by atoms with E-state index in [1.807, 2.05) is 0 Å². The molecular weight excluding hydrogens is 372 g/mol. The number of ether oxygens (including phenoxy) is 4. The number of anilines is 2. The summed E-state index contributed by atoms with van der Waals surface area (Å²) in [5.41, 5.74) is 1.36. The zero-order chi connectivity index (χ0) is 19.2. The maximum Gasteiger partial charge on any atom is 0.226 e. The number of hydrogen-bond acceptors (Lipinski definition) is 6. The monoisotopic (exact) mass is 392 g/mol. The van der Waals surface area contributed by atoms with E-state index in [0.29, 0.717) is 59.2 Å². The predicted octanol–water partition coefficient (Wildman–Crippen LogP) is 3.57. The van der Waals surface area contributed by atoms with Crippen LogP contribution in [-0.2, 0) is 4.79 Å². The fraction of sp³-hybridized carbons (Fsp3) is 0.316. The lowest BCUT2D eigenvalue weighted by Crippen LogP contribution is -2.18. The van der Waals surface area contributed by atoms with Crippen LogP contribution in [0.15, 0.2) is 30.3 Å². The van der Waals surface area contributed by atoms with Gasteiger partial charge in [0, 0.05) is 36.9 Å². The topological polar surface area (TPSA) is 78.1 Å². The number of benzene rings is 2. The number of rotatable bonds is 7. The van der Waals surface area contributed by atoms with Gasteiger partial charge in [0.2, 0.25) is 5.91 Å². The number of carbonyl (C=O) groups is 1. The van der Waals surface area contributed by atoms with Crippen molar-refractivity contribution in [2.75, 3.05) is 44.6 Å². The van der Waals surface area contributed by atoms with Gasteiger partial charge in [0.25, 0.3) is 0 Å². The molecule has 0 aliphatic carbocycles. The van der Waals surface area contributed by atoms with Crippen LogP contribution >= 0.6 is 11.6 Å². The van der Waals surface area contributed by atoms with E-state index in [1.165, 1.54) is 7.11 Å². The Morgan fingerprint density at radius 2 is 1.81 bits per heavy atom. The average molecular weight is 393 g/mol. The van der Waals surface area contributed by atoms with Crippen LogP contribution in [0.2, 0.25) is 5.02 Å². The van der Waals surface area contributed by atoms with Crippen LogP contribution in [0, 0.1) is 0 Å². The summed E-state index contributed by atoms with van der Waals surface area (Å²) in [5, 5.41) is 6.47. The highest BCUT2D eigenvalue weighted by Crippen LogP contribution is 2.36. The van der Waals surface area contributed by atoms with Crippen molar-refractivity contribution in [3.8, 4) is 23.0 Å². The Morgan fingerprint density at radius 3 is 2.56 bits per heavy atom. The van der Waals surface area contributed by atoms with Gasteiger partial charge in [-0.25, -0.2) is 0 Å². The van der Waals surface area contributed by atoms with Crippen molar-refractivity contribution >= 4 is 28.9 Å². The minimum atomic E-state index is -0.126. The lowest BCUT2D eigenvalue weighted by molar-refractivity contribution is -0.115. The molecule has 144 valence electrons. The maximum atomic E-state index is 12.2. The van der Waals surface area contributed by atoms with Crippen LogP contribution < -0.4 is 29.6 Å². The third kappa shape index (κ3) is 4.68. The Hall–Kier alpha value is -2.80. The number of hydrogen-bond donors (Lipinski definition) is 2. The molecule has 2 N–H and O–H groups in total. The average Bonchev–Trinajstić information content (AvgIpc) is 2.68. The Kier molecular flexibility index (Phi) is 6.13. The van der Waals surface area contributed by atoms with E-state index in [4.69, 9.17) is 30.5 Å². The molecule has 1 aliphatic rings. The van der Waals surface area contributed by atoms with Gasteiger partial charge in [-0.2, -0.15) is 0 Å². The number of halogens is 1. The standard InChI is InChI=1S/C19H21ClN2O5/c1-24-16-11-14(17(25-2)10-13(16)20)21-6-5-19(23)22-12-3-4-15-18(9-12)27-8-7-26-15/h3-4,9-11,21H,5-8H2,1-2H3,(H,22,23). The Morgan fingerprint density at radius 1 is 1.07 bits per heavy atom. The van der Waals surface area contributed by atoms with Crippen molar-refractivity contribution in [2.45, 2.75) is 6.42 Å². The van der Waals surface area contributed by atoms with Gasteiger partial charge in [-0.3, -0.25) is 4.79 Å². The molecule has 0 aromatic heterocycles. The van der Waals surface area contributed by atoms with Crippen LogP contribution in [0.4, 0.5) is 11.4 Å². The molecule has 27 heavy (non-hydrogen) atoms. The van der Waals surface area contributed by atoms with Gasteiger partial charge in [-0.1, -0.05) is 11.6 Å². The molecule has 0 atom stereocenters. The van der Waals surface area contributed by atoms with Crippen LogP contribution in [0.3, 0.4) is 0 Å². The van der Waals surface area contributed by atoms with E-state index in [9.17, 15) is 4.79 Å². The van der Waals surface area contributed by atoms with Gasteiger partial charge in [0.1, 0.15) is 24.7 Å². The second kappa shape index (κ2) is 8.73. The van der Waals surface area contributed by atoms with Gasteiger partial charge in [-0.05, 0) is 12.1 Å². The summed E-state index contributed by atoms with van der Waals surface area (Å²) in [7, 11) is 3.09. The molecule has 1 aliphatic heterocycles. The minimum Gasteiger partial charge on any atom is -0.495 e. The van der Waals surface area contributed by atoms with Crippen molar-refractivity contribution in [3.05, 3.63) is 35.4 Å². The molecule has 0 unspecified atom stereocenters. The van der Waals surface area contributed by atoms with E-state index >= 15 is 0 Å². The molecule has 7 nitrogen and oxygen atoms in total. The number of methoxy groups -OCH3 is 2. The number of amides is 1. The van der Waals surface area contributed by atoms with Crippen LogP contribution in [-0.4, -0.2) is 39.9 Å². The highest BCUT2D eigenvalue weighted by atomic mass is 35.5. The molecule has 1 amide bonds. The predicted molar refractivity (Wildman–Crippen MR) is 104 cm³/mol. The second-order valence-corrected chi connectivity index (χ2v) is 6.18. The van der Waals surface area contributed by atoms with Gasteiger partial charge in [-0.15, -0.1) is 0 Å². The molecule has 8 heteroatoms. The minimum absolute atomic E-state index is 0.126. The first-order valence-corrected chi connectivity index (χ1v) is 8.83. The first-order valence-electron chi connectivity index (χ1n) is 8.45. The van der Waals surface area contributed by atoms with Gasteiger partial charge >= 0.3 is 0 Å². The van der Waals surface area contributed by atoms with Crippen molar-refractivity contribution in [2.24, 2.45) is 0 Å². The Labute approximate surface area is 162 Å². The summed E-state index contributed by atoms with van der Waals surface area (Å²) in [5.74, 6) is 2.30. The van der Waals surface area contributed by atoms with Crippen molar-refractivity contribution in [1.29, 1.82) is 0 Å². The largest absolute Gasteiger partial charge is 0.495 e. The van der Waals surface area contributed by atoms with E-state index < -0.39 is 0 Å². The lowest BCUT2D eigenvalue weighted by atomic mass is 10.2. The summed E-state index contributed by atoms with van der Waals surface area (Å²) in [4.78, 5) is 12.2. The molecule has 0 radical (unpaired) electrons. The van der Waals surface area contributed by atoms with E-state index in [-0.39, 0.29) is 12.3 Å². The quantitative estimate of drug-likeness (QED) is 0.750. The van der Waals surface area contributed by atoms with E-state index in [0.717, 1.165) is 0 Å². The normalized spacial score (nSPS) is 12.3. The molecule has 0 saturated carbocycles. The van der Waals surface area contributed by atoms with Crippen molar-refractivity contribution in [1.82, 2.24) is 0 Å². The summed E-state index contributed by atoms with van der Waals surface area (Å²) in [6.45, 7) is 1.45. The van der Waals surface area contributed by atoms with Gasteiger partial charge in [0.15, 0.2) is 11.5 Å². The summed E-state index contributed by atoms with van der Waals surface area (Å²) in [6, 6.07) is 8.73. The van der Waals surface area contributed by atoms with Gasteiger partial charge < -0.3 is 29.6 Å². The first kappa shape index (κ1) is 19.0. The maximum absolute atomic E-state index is 12.2. The summed E-state index contributed by atoms with van der Waals surface area (Å²) in [6.07, 6.45) is 0.266. The fourth-order valence-corrected chi connectivity index (χ4v) is 2.88. The molecule has 3 rings (SSSR count). The Bertz CT molecular complexity index is 828. The molecule has 2 aromatic rings. The fourth-order valence-electron chi connectivity index (χ4n) is 2.65. The highest BCUT2D eigenvalue weighted by molar-refractivity contribution is 6.32. The molecule has 0 saturated heterocycles. The second-order valence-electron chi connectivity index (χ2n) is 5.77. The van der Waals surface area contributed by atoms with Gasteiger partial charge in [0.05, 0.1) is 24.9 Å². The molecule has 0 spiro atoms. The van der Waals surface area contributed by atoms with E-state index in [1.54, 1.807) is 37.4 Å². The molecule has 1 heterocycles. The van der Waals surface area contributed by atoms with Crippen LogP contribution in [0.5, 0.6) is 23.0 Å². The number of carbonyl (C=O) groups excluding carboxylic acids is 1. The number of nitrogens with one attached hydrogen (secondary N) is 2. The summed E-state index contributed by atoms with van der Waals surface area (Å²) >= 11 is 6.09. The summed E-state index contributed by atoms with van der Waals surface area (Å²) < 4.78 is 21.5. The van der Waals surface area contributed by atoms with E-state index in [2.05, 4.69) is 10.6 Å². The first-order chi connectivity index (χ1) is 13.1. The molecule has 0 fully saturated rings. The van der Waals surface area contributed by atoms with Crippen molar-refractivity contribution < 1.29 is 23.7 Å². The highest BCUT2D eigenvalue weighted by Gasteiger charge is 2.13. The molecule has 2 aromatic carbocycles. The number of fused-ring (bicyclic) bond motifs is 1. The smallest absolute Gasteiger partial charge is 0.226 e. The van der Waals surface area contributed by atoms with Crippen LogP contribution in [0.25, 0.3) is 0 Å². The zero-order valence-electron chi connectivity index (χ0n) is 15.1. The zero-order valence-corrected chi connectivity index (χ0v) is 15.9. The third-order valence-electron chi connectivity index (χ3n) is 3.97.